The van der Waals surface area contributed by atoms with Gasteiger partial charge in [-0.25, -0.2) is 0 Å². The van der Waals surface area contributed by atoms with Gasteiger partial charge in [0.05, 0.1) is 10.4 Å². The van der Waals surface area contributed by atoms with E-state index in [2.05, 4.69) is 84.3 Å². The summed E-state index contributed by atoms with van der Waals surface area (Å²) in [4.78, 5) is 5.05. The Balaban J connectivity index is 1.08. The first-order valence-corrected chi connectivity index (χ1v) is 13.7. The van der Waals surface area contributed by atoms with Crippen LogP contribution in [-0.2, 0) is 19.5 Å². The lowest BCUT2D eigenvalue weighted by atomic mass is 10.0. The van der Waals surface area contributed by atoms with Gasteiger partial charge in [-0.3, -0.25) is 9.58 Å². The molecule has 0 saturated carbocycles. The topological polar surface area (TPSA) is 49.2 Å². The fourth-order valence-corrected chi connectivity index (χ4v) is 6.23. The number of aromatic nitrogens is 3. The summed E-state index contributed by atoms with van der Waals surface area (Å²) in [5, 5.41) is 9.90. The first-order valence-electron chi connectivity index (χ1n) is 12.1. The van der Waals surface area contributed by atoms with Gasteiger partial charge in [-0.05, 0) is 42.2 Å². The molecule has 1 saturated heterocycles. The van der Waals surface area contributed by atoms with Crippen molar-refractivity contribution in [2.45, 2.75) is 25.9 Å². The third-order valence-corrected chi connectivity index (χ3v) is 8.34. The monoisotopic (exact) mass is 536 g/mol. The SMILES string of the molecule is Brc1ccc(-c2nn(CCCN3CCN(c4nsc5ccccc45)CC3)c3c2CNCC3)cc1. The molecule has 2 aromatic heterocycles. The van der Waals surface area contributed by atoms with Gasteiger partial charge in [-0.2, -0.15) is 9.47 Å². The molecule has 0 unspecified atom stereocenters. The Morgan fingerprint density at radius 3 is 2.65 bits per heavy atom. The van der Waals surface area contributed by atoms with Gasteiger partial charge in [0.15, 0.2) is 0 Å². The van der Waals surface area contributed by atoms with E-state index < -0.39 is 0 Å². The van der Waals surface area contributed by atoms with Crippen molar-refractivity contribution in [3.05, 3.63) is 64.3 Å². The van der Waals surface area contributed by atoms with E-state index in [1.165, 1.54) is 26.9 Å². The van der Waals surface area contributed by atoms with Gasteiger partial charge in [-0.15, -0.1) is 0 Å². The van der Waals surface area contributed by atoms with Gasteiger partial charge in [0.1, 0.15) is 5.82 Å². The first-order chi connectivity index (χ1) is 16.8. The number of nitrogens with one attached hydrogen (secondary N) is 1. The van der Waals surface area contributed by atoms with Crippen molar-refractivity contribution < 1.29 is 0 Å². The zero-order chi connectivity index (χ0) is 22.9. The number of hydrogen-bond acceptors (Lipinski definition) is 6. The summed E-state index contributed by atoms with van der Waals surface area (Å²) in [6.45, 7) is 8.32. The maximum Gasteiger partial charge on any atom is 0.150 e. The van der Waals surface area contributed by atoms with Crippen LogP contribution in [-0.4, -0.2) is 58.3 Å². The van der Waals surface area contributed by atoms with E-state index in [0.29, 0.717) is 0 Å². The van der Waals surface area contributed by atoms with E-state index in [4.69, 9.17) is 9.47 Å². The first kappa shape index (κ1) is 22.2. The van der Waals surface area contributed by atoms with Gasteiger partial charge >= 0.3 is 0 Å². The lowest BCUT2D eigenvalue weighted by molar-refractivity contribution is 0.248. The minimum atomic E-state index is 0.911. The van der Waals surface area contributed by atoms with Crippen LogP contribution < -0.4 is 10.2 Å². The molecule has 8 heteroatoms. The Morgan fingerprint density at radius 1 is 0.971 bits per heavy atom. The van der Waals surface area contributed by atoms with Crippen LogP contribution in [0.25, 0.3) is 21.3 Å². The Labute approximate surface area is 212 Å². The normalized spacial score (nSPS) is 16.8. The number of hydrogen-bond donors (Lipinski definition) is 1. The lowest BCUT2D eigenvalue weighted by Crippen LogP contribution is -2.47. The smallest absolute Gasteiger partial charge is 0.150 e. The fraction of sp³-hybridized carbons (Fsp3) is 0.385. The van der Waals surface area contributed by atoms with Crippen LogP contribution >= 0.6 is 27.5 Å². The van der Waals surface area contributed by atoms with E-state index in [1.807, 2.05) is 0 Å². The molecule has 6 rings (SSSR count). The highest BCUT2D eigenvalue weighted by Crippen LogP contribution is 2.30. The standard InChI is InChI=1S/C26H29BrN6S/c27-20-8-6-19(7-9-20)25-22-18-28-11-10-23(22)33(29-25)13-3-12-31-14-16-32(17-15-31)26-21-4-1-2-5-24(21)34-30-26/h1-2,4-9,28H,3,10-18H2. The number of aryl methyl sites for hydroxylation is 1. The van der Waals surface area contributed by atoms with Crippen LogP contribution in [0.15, 0.2) is 53.0 Å². The lowest BCUT2D eigenvalue weighted by Gasteiger charge is -2.35. The largest absolute Gasteiger partial charge is 0.353 e. The molecule has 4 aromatic rings. The van der Waals surface area contributed by atoms with Crippen LogP contribution in [0.4, 0.5) is 5.82 Å². The summed E-state index contributed by atoms with van der Waals surface area (Å²) in [5.41, 5.74) is 5.13. The highest BCUT2D eigenvalue weighted by atomic mass is 79.9. The zero-order valence-electron chi connectivity index (χ0n) is 19.2. The second-order valence-electron chi connectivity index (χ2n) is 9.12. The molecule has 0 spiro atoms. The number of halogens is 1. The highest BCUT2D eigenvalue weighted by Gasteiger charge is 2.23. The predicted octanol–water partition coefficient (Wildman–Crippen LogP) is 4.78. The third kappa shape index (κ3) is 4.40. The predicted molar refractivity (Wildman–Crippen MR) is 144 cm³/mol. The minimum absolute atomic E-state index is 0.911. The molecular weight excluding hydrogens is 508 g/mol. The molecule has 176 valence electrons. The van der Waals surface area contributed by atoms with Crippen LogP contribution in [0.1, 0.15) is 17.7 Å². The molecule has 2 aliphatic rings. The van der Waals surface area contributed by atoms with E-state index in [-0.39, 0.29) is 0 Å². The molecule has 4 heterocycles. The van der Waals surface area contributed by atoms with Crippen LogP contribution in [0.2, 0.25) is 0 Å². The van der Waals surface area contributed by atoms with Gasteiger partial charge in [0, 0.05) is 85.5 Å². The van der Waals surface area contributed by atoms with Gasteiger partial charge in [0.25, 0.3) is 0 Å². The molecule has 1 N–H and O–H groups in total. The average Bonchev–Trinajstić information content (AvgIpc) is 3.47. The molecule has 34 heavy (non-hydrogen) atoms. The summed E-state index contributed by atoms with van der Waals surface area (Å²) in [6.07, 6.45) is 2.18. The second kappa shape index (κ2) is 9.77. The number of piperazine rings is 1. The number of anilines is 1. The second-order valence-corrected chi connectivity index (χ2v) is 10.8. The van der Waals surface area contributed by atoms with Crippen molar-refractivity contribution in [1.82, 2.24) is 24.4 Å². The molecule has 2 aliphatic heterocycles. The number of fused-ring (bicyclic) bond motifs is 2. The van der Waals surface area contributed by atoms with E-state index in [1.54, 1.807) is 11.5 Å². The Morgan fingerprint density at radius 2 is 1.79 bits per heavy atom. The summed E-state index contributed by atoms with van der Waals surface area (Å²) >= 11 is 5.16. The summed E-state index contributed by atoms with van der Waals surface area (Å²) in [6, 6.07) is 17.1. The number of rotatable bonds is 6. The third-order valence-electron chi connectivity index (χ3n) is 7.00. The Bertz CT molecular complexity index is 1270. The van der Waals surface area contributed by atoms with Crippen molar-refractivity contribution in [3.63, 3.8) is 0 Å². The molecule has 0 bridgehead atoms. The van der Waals surface area contributed by atoms with E-state index in [9.17, 15) is 0 Å². The van der Waals surface area contributed by atoms with Crippen LogP contribution in [0.5, 0.6) is 0 Å². The maximum absolute atomic E-state index is 5.08. The molecule has 2 aromatic carbocycles. The molecular formula is C26H29BrN6S. The number of benzene rings is 2. The number of nitrogens with zero attached hydrogens (tertiary/aromatic N) is 5. The summed E-state index contributed by atoms with van der Waals surface area (Å²) < 4.78 is 9.41. The van der Waals surface area contributed by atoms with Crippen molar-refractivity contribution in [2.24, 2.45) is 0 Å². The molecule has 0 amide bonds. The molecule has 1 fully saturated rings. The summed E-state index contributed by atoms with van der Waals surface area (Å²) in [5.74, 6) is 1.16. The zero-order valence-corrected chi connectivity index (χ0v) is 21.6. The molecule has 0 aliphatic carbocycles. The van der Waals surface area contributed by atoms with Crippen molar-refractivity contribution in [2.75, 3.05) is 44.2 Å². The highest BCUT2D eigenvalue weighted by molar-refractivity contribution is 9.10. The quantitative estimate of drug-likeness (QED) is 0.384. The summed E-state index contributed by atoms with van der Waals surface area (Å²) in [7, 11) is 0. The minimum Gasteiger partial charge on any atom is -0.353 e. The maximum atomic E-state index is 5.08. The Kier molecular flexibility index (Phi) is 6.39. The van der Waals surface area contributed by atoms with Crippen molar-refractivity contribution in [3.8, 4) is 11.3 Å². The molecule has 6 nitrogen and oxygen atoms in total. The fourth-order valence-electron chi connectivity index (χ4n) is 5.17. The van der Waals surface area contributed by atoms with Crippen LogP contribution in [0, 0.1) is 0 Å². The molecule has 0 atom stereocenters. The average molecular weight is 538 g/mol. The van der Waals surface area contributed by atoms with E-state index >= 15 is 0 Å². The van der Waals surface area contributed by atoms with Gasteiger partial charge in [0.2, 0.25) is 0 Å². The molecule has 0 radical (unpaired) electrons. The van der Waals surface area contributed by atoms with E-state index in [0.717, 1.165) is 81.2 Å². The van der Waals surface area contributed by atoms with Crippen LogP contribution in [0.3, 0.4) is 0 Å². The van der Waals surface area contributed by atoms with Gasteiger partial charge in [-0.1, -0.05) is 40.2 Å². The Hall–Kier alpha value is -2.26. The van der Waals surface area contributed by atoms with Gasteiger partial charge < -0.3 is 10.2 Å². The van der Waals surface area contributed by atoms with Crippen molar-refractivity contribution in [1.29, 1.82) is 0 Å². The van der Waals surface area contributed by atoms with Crippen molar-refractivity contribution >= 4 is 43.4 Å².